The Morgan fingerprint density at radius 1 is 1.30 bits per heavy atom. The predicted molar refractivity (Wildman–Crippen MR) is 78.6 cm³/mol. The van der Waals surface area contributed by atoms with Gasteiger partial charge in [0.1, 0.15) is 5.54 Å². The van der Waals surface area contributed by atoms with Crippen molar-refractivity contribution in [1.29, 1.82) is 0 Å². The van der Waals surface area contributed by atoms with Gasteiger partial charge in [0.25, 0.3) is 0 Å². The summed E-state index contributed by atoms with van der Waals surface area (Å²) in [6, 6.07) is 0.369. The average Bonchev–Trinajstić information content (AvgIpc) is 2.46. The maximum absolute atomic E-state index is 11.9. The molecule has 20 heavy (non-hydrogen) atoms. The van der Waals surface area contributed by atoms with E-state index < -0.39 is 5.54 Å². The van der Waals surface area contributed by atoms with E-state index in [1.165, 1.54) is 39.2 Å². The summed E-state index contributed by atoms with van der Waals surface area (Å²) < 4.78 is 10.8. The van der Waals surface area contributed by atoms with Crippen molar-refractivity contribution in [2.45, 2.75) is 77.0 Å². The first kappa shape index (κ1) is 15.8. The molecule has 2 aliphatic carbocycles. The molecule has 2 saturated carbocycles. The van der Waals surface area contributed by atoms with Crippen LogP contribution in [0.15, 0.2) is 0 Å². The van der Waals surface area contributed by atoms with Crippen molar-refractivity contribution in [3.05, 3.63) is 0 Å². The highest BCUT2D eigenvalue weighted by molar-refractivity contribution is 5.79. The predicted octanol–water partition coefficient (Wildman–Crippen LogP) is 2.66. The lowest BCUT2D eigenvalue weighted by Gasteiger charge is -2.59. The molecule has 116 valence electrons. The molecule has 0 aromatic carbocycles. The molecule has 2 atom stereocenters. The first-order chi connectivity index (χ1) is 9.46. The molecule has 1 N–H and O–H groups in total. The zero-order valence-corrected chi connectivity index (χ0v) is 13.3. The number of esters is 1. The Labute approximate surface area is 122 Å². The average molecular weight is 283 g/mol. The molecule has 4 nitrogen and oxygen atoms in total. The van der Waals surface area contributed by atoms with E-state index in [2.05, 4.69) is 12.2 Å². The summed E-state index contributed by atoms with van der Waals surface area (Å²) in [5.41, 5.74) is -0.388. The minimum absolute atomic E-state index is 0.191. The Morgan fingerprint density at radius 2 is 1.95 bits per heavy atom. The monoisotopic (exact) mass is 283 g/mol. The van der Waals surface area contributed by atoms with E-state index in [9.17, 15) is 4.79 Å². The van der Waals surface area contributed by atoms with Crippen LogP contribution in [0.4, 0.5) is 0 Å². The Morgan fingerprint density at radius 3 is 2.50 bits per heavy atom. The molecule has 2 fully saturated rings. The number of hydrogen-bond donors (Lipinski definition) is 1. The second kappa shape index (κ2) is 6.02. The van der Waals surface area contributed by atoms with Crippen LogP contribution in [-0.4, -0.2) is 37.4 Å². The van der Waals surface area contributed by atoms with Gasteiger partial charge in [-0.15, -0.1) is 0 Å². The second-order valence-corrected chi connectivity index (χ2v) is 6.79. The fourth-order valence-electron chi connectivity index (χ4n) is 4.02. The van der Waals surface area contributed by atoms with Gasteiger partial charge < -0.3 is 9.47 Å². The van der Waals surface area contributed by atoms with E-state index in [1.807, 2.05) is 13.8 Å². The Bertz CT molecular complexity index is 348. The highest BCUT2D eigenvalue weighted by Gasteiger charge is 2.57. The van der Waals surface area contributed by atoms with Crippen LogP contribution < -0.4 is 5.32 Å². The summed E-state index contributed by atoms with van der Waals surface area (Å²) in [6.07, 6.45) is 7.68. The van der Waals surface area contributed by atoms with Gasteiger partial charge in [0.2, 0.25) is 0 Å². The molecule has 0 aromatic rings. The molecule has 2 unspecified atom stereocenters. The van der Waals surface area contributed by atoms with Crippen molar-refractivity contribution in [3.8, 4) is 0 Å². The van der Waals surface area contributed by atoms with Crippen LogP contribution in [0.2, 0.25) is 0 Å². The fourth-order valence-corrected chi connectivity index (χ4v) is 4.02. The molecular formula is C16H29NO3. The van der Waals surface area contributed by atoms with Crippen molar-refractivity contribution >= 4 is 5.97 Å². The van der Waals surface area contributed by atoms with Crippen molar-refractivity contribution in [1.82, 2.24) is 5.32 Å². The van der Waals surface area contributed by atoms with E-state index >= 15 is 0 Å². The summed E-state index contributed by atoms with van der Waals surface area (Å²) in [5.74, 6) is -0.191. The van der Waals surface area contributed by atoms with Gasteiger partial charge in [-0.25, -0.2) is 0 Å². The van der Waals surface area contributed by atoms with Gasteiger partial charge in [-0.2, -0.15) is 0 Å². The lowest BCUT2D eigenvalue weighted by molar-refractivity contribution is -0.165. The third kappa shape index (κ3) is 2.73. The van der Waals surface area contributed by atoms with Crippen LogP contribution in [0.25, 0.3) is 0 Å². The molecule has 0 aliphatic heterocycles. The van der Waals surface area contributed by atoms with E-state index in [4.69, 9.17) is 9.47 Å². The Kier molecular flexibility index (Phi) is 4.75. The van der Waals surface area contributed by atoms with Crippen LogP contribution in [0.3, 0.4) is 0 Å². The lowest BCUT2D eigenvalue weighted by Crippen LogP contribution is -2.69. The van der Waals surface area contributed by atoms with Crippen LogP contribution in [-0.2, 0) is 14.3 Å². The molecule has 0 saturated heterocycles. The number of carbonyl (C=O) groups is 1. The number of ether oxygens (including phenoxy) is 2. The number of rotatable bonds is 5. The standard InChI is InChI=1S/C16H29NO3/c1-5-20-13-11-12(16(13)9-7-6-8-10-16)17-15(2,3)14(18)19-4/h12-13,17H,5-11H2,1-4H3. The summed E-state index contributed by atoms with van der Waals surface area (Å²) in [5, 5.41) is 3.54. The summed E-state index contributed by atoms with van der Waals surface area (Å²) in [7, 11) is 1.45. The van der Waals surface area contributed by atoms with Crippen LogP contribution in [0.1, 0.15) is 59.3 Å². The van der Waals surface area contributed by atoms with Gasteiger partial charge in [-0.3, -0.25) is 10.1 Å². The van der Waals surface area contributed by atoms with Crippen molar-refractivity contribution in [2.24, 2.45) is 5.41 Å². The van der Waals surface area contributed by atoms with Crippen molar-refractivity contribution in [2.75, 3.05) is 13.7 Å². The van der Waals surface area contributed by atoms with E-state index in [-0.39, 0.29) is 11.4 Å². The number of carbonyl (C=O) groups excluding carboxylic acids is 1. The van der Waals surface area contributed by atoms with Gasteiger partial charge >= 0.3 is 5.97 Å². The highest BCUT2D eigenvalue weighted by atomic mass is 16.5. The van der Waals surface area contributed by atoms with Crippen LogP contribution in [0.5, 0.6) is 0 Å². The lowest BCUT2D eigenvalue weighted by atomic mass is 9.55. The van der Waals surface area contributed by atoms with Gasteiger partial charge in [-0.05, 0) is 40.0 Å². The zero-order valence-electron chi connectivity index (χ0n) is 13.3. The third-order valence-corrected chi connectivity index (χ3v) is 5.17. The first-order valence-electron chi connectivity index (χ1n) is 7.94. The molecule has 2 aliphatic rings. The zero-order chi connectivity index (χ0) is 14.8. The maximum Gasteiger partial charge on any atom is 0.325 e. The maximum atomic E-state index is 11.9. The summed E-state index contributed by atoms with van der Waals surface area (Å²) >= 11 is 0. The Hall–Kier alpha value is -0.610. The van der Waals surface area contributed by atoms with E-state index in [1.54, 1.807) is 0 Å². The van der Waals surface area contributed by atoms with Crippen LogP contribution >= 0.6 is 0 Å². The van der Waals surface area contributed by atoms with Gasteiger partial charge in [0.05, 0.1) is 13.2 Å². The molecule has 0 radical (unpaired) electrons. The minimum atomic E-state index is -0.624. The minimum Gasteiger partial charge on any atom is -0.468 e. The molecule has 4 heteroatoms. The van der Waals surface area contributed by atoms with Gasteiger partial charge in [-0.1, -0.05) is 19.3 Å². The molecule has 0 bridgehead atoms. The molecule has 0 aromatic heterocycles. The van der Waals surface area contributed by atoms with E-state index in [0.29, 0.717) is 12.1 Å². The SMILES string of the molecule is CCOC1CC(NC(C)(C)C(=O)OC)C12CCCCC2. The number of hydrogen-bond acceptors (Lipinski definition) is 4. The third-order valence-electron chi connectivity index (χ3n) is 5.17. The summed E-state index contributed by atoms with van der Waals surface area (Å²) in [6.45, 7) is 6.65. The Balaban J connectivity index is 2.06. The molecule has 0 heterocycles. The second-order valence-electron chi connectivity index (χ2n) is 6.79. The van der Waals surface area contributed by atoms with Crippen LogP contribution in [0, 0.1) is 5.41 Å². The molecule has 1 spiro atoms. The number of nitrogens with one attached hydrogen (secondary N) is 1. The molecule has 2 rings (SSSR count). The van der Waals surface area contributed by atoms with Crippen molar-refractivity contribution < 1.29 is 14.3 Å². The normalized spacial score (nSPS) is 29.0. The molecule has 0 amide bonds. The quantitative estimate of drug-likeness (QED) is 0.788. The largest absolute Gasteiger partial charge is 0.468 e. The number of methoxy groups -OCH3 is 1. The molecular weight excluding hydrogens is 254 g/mol. The smallest absolute Gasteiger partial charge is 0.325 e. The highest BCUT2D eigenvalue weighted by Crippen LogP contribution is 2.53. The first-order valence-corrected chi connectivity index (χ1v) is 7.94. The van der Waals surface area contributed by atoms with E-state index in [0.717, 1.165) is 13.0 Å². The van der Waals surface area contributed by atoms with Gasteiger partial charge in [0, 0.05) is 18.1 Å². The topological polar surface area (TPSA) is 47.6 Å². The summed E-state index contributed by atoms with van der Waals surface area (Å²) in [4.78, 5) is 11.9. The van der Waals surface area contributed by atoms with Crippen molar-refractivity contribution in [3.63, 3.8) is 0 Å². The fraction of sp³-hybridized carbons (Fsp3) is 0.938. The van der Waals surface area contributed by atoms with Gasteiger partial charge in [0.15, 0.2) is 0 Å².